The van der Waals surface area contributed by atoms with Crippen LogP contribution in [0, 0.1) is 12.3 Å². The predicted octanol–water partition coefficient (Wildman–Crippen LogP) is 3.92. The Labute approximate surface area is 149 Å². The number of aryl methyl sites for hydroxylation is 1. The maximum Gasteiger partial charge on any atom is 0.233 e. The molecule has 2 aromatic rings. The highest BCUT2D eigenvalue weighted by Crippen LogP contribution is 2.65. The number of hydrogen-bond donors (Lipinski definition) is 1. The van der Waals surface area contributed by atoms with Crippen LogP contribution in [0.3, 0.4) is 0 Å². The number of aromatic amines is 1. The van der Waals surface area contributed by atoms with Crippen LogP contribution in [-0.4, -0.2) is 28.1 Å². The maximum atomic E-state index is 13.4. The first kappa shape index (κ1) is 16.4. The summed E-state index contributed by atoms with van der Waals surface area (Å²) in [4.78, 5) is 15.2. The topological polar surface area (TPSA) is 49.0 Å². The van der Waals surface area contributed by atoms with Crippen molar-refractivity contribution in [1.82, 2.24) is 15.1 Å². The molecule has 1 aromatic carbocycles. The van der Waals surface area contributed by atoms with Crippen molar-refractivity contribution in [2.75, 3.05) is 7.05 Å². The van der Waals surface area contributed by atoms with Gasteiger partial charge in [-0.3, -0.25) is 9.89 Å². The second kappa shape index (κ2) is 5.45. The van der Waals surface area contributed by atoms with Gasteiger partial charge in [0.1, 0.15) is 0 Å². The molecule has 2 fully saturated rings. The van der Waals surface area contributed by atoms with Crippen LogP contribution in [0.4, 0.5) is 0 Å². The molecule has 2 saturated carbocycles. The lowest BCUT2D eigenvalue weighted by Crippen LogP contribution is -2.39. The van der Waals surface area contributed by atoms with Crippen molar-refractivity contribution < 1.29 is 4.79 Å². The van der Waals surface area contributed by atoms with Gasteiger partial charge in [0.2, 0.25) is 5.91 Å². The third-order valence-corrected chi connectivity index (χ3v) is 6.05. The van der Waals surface area contributed by atoms with Gasteiger partial charge in [0.05, 0.1) is 23.3 Å². The van der Waals surface area contributed by atoms with Crippen LogP contribution in [0.25, 0.3) is 0 Å². The highest BCUT2D eigenvalue weighted by Gasteiger charge is 2.67. The van der Waals surface area contributed by atoms with Gasteiger partial charge in [-0.15, -0.1) is 0 Å². The monoisotopic (exact) mass is 337 g/mol. The van der Waals surface area contributed by atoms with Crippen LogP contribution in [0.5, 0.6) is 0 Å². The largest absolute Gasteiger partial charge is 0.339 e. The van der Waals surface area contributed by atoms with Gasteiger partial charge >= 0.3 is 0 Å². The Morgan fingerprint density at radius 1 is 1.28 bits per heavy atom. The number of hydrogen-bond acceptors (Lipinski definition) is 2. The van der Waals surface area contributed by atoms with Crippen molar-refractivity contribution in [1.29, 1.82) is 0 Å². The van der Waals surface area contributed by atoms with Crippen molar-refractivity contribution in [3.8, 4) is 0 Å². The van der Waals surface area contributed by atoms with Gasteiger partial charge in [0.25, 0.3) is 0 Å². The van der Waals surface area contributed by atoms with Gasteiger partial charge < -0.3 is 4.90 Å². The minimum absolute atomic E-state index is 0.000754. The first-order valence-electron chi connectivity index (χ1n) is 9.20. The molecule has 0 aliphatic heterocycles. The molecule has 1 heterocycles. The third-order valence-electron chi connectivity index (χ3n) is 6.05. The number of benzene rings is 1. The van der Waals surface area contributed by atoms with Gasteiger partial charge in [0.15, 0.2) is 0 Å². The molecule has 132 valence electrons. The Kier molecular flexibility index (Phi) is 3.57. The second-order valence-corrected chi connectivity index (χ2v) is 8.59. The fourth-order valence-electron chi connectivity index (χ4n) is 4.14. The molecule has 25 heavy (non-hydrogen) atoms. The lowest BCUT2D eigenvalue weighted by atomic mass is 9.86. The van der Waals surface area contributed by atoms with Crippen molar-refractivity contribution >= 4 is 5.91 Å². The molecular weight excluding hydrogens is 310 g/mol. The molecule has 2 aliphatic rings. The molecule has 0 bridgehead atoms. The van der Waals surface area contributed by atoms with Crippen LogP contribution in [0.15, 0.2) is 30.3 Å². The SMILES string of the molecule is Cc1ccc([C@@]2(C(=O)N(C)Cc3cc(C4CC4)n[nH]3)CC2(C)C)cc1. The number of carbonyl (C=O) groups is 1. The highest BCUT2D eigenvalue weighted by molar-refractivity contribution is 5.93. The van der Waals surface area contributed by atoms with E-state index in [4.69, 9.17) is 0 Å². The van der Waals surface area contributed by atoms with Gasteiger partial charge in [-0.1, -0.05) is 43.7 Å². The molecule has 1 N–H and O–H groups in total. The van der Waals surface area contributed by atoms with E-state index >= 15 is 0 Å². The zero-order valence-electron chi connectivity index (χ0n) is 15.6. The van der Waals surface area contributed by atoms with E-state index in [9.17, 15) is 4.79 Å². The summed E-state index contributed by atoms with van der Waals surface area (Å²) in [5, 5.41) is 7.51. The lowest BCUT2D eigenvalue weighted by molar-refractivity contribution is -0.134. The average molecular weight is 337 g/mol. The summed E-state index contributed by atoms with van der Waals surface area (Å²) >= 11 is 0. The normalized spacial score (nSPS) is 24.2. The molecular formula is C21H27N3O. The van der Waals surface area contributed by atoms with E-state index in [0.717, 1.165) is 23.4 Å². The van der Waals surface area contributed by atoms with Crippen LogP contribution in [-0.2, 0) is 16.8 Å². The molecule has 0 radical (unpaired) electrons. The van der Waals surface area contributed by atoms with E-state index < -0.39 is 5.41 Å². The Morgan fingerprint density at radius 3 is 2.48 bits per heavy atom. The average Bonchev–Trinajstić information content (AvgIpc) is 3.45. The summed E-state index contributed by atoms with van der Waals surface area (Å²) in [7, 11) is 1.91. The van der Waals surface area contributed by atoms with E-state index in [-0.39, 0.29) is 11.3 Å². The summed E-state index contributed by atoms with van der Waals surface area (Å²) in [6.45, 7) is 7.06. The number of nitrogens with one attached hydrogen (secondary N) is 1. The summed E-state index contributed by atoms with van der Waals surface area (Å²) in [5.74, 6) is 0.844. The quantitative estimate of drug-likeness (QED) is 0.899. The summed E-state index contributed by atoms with van der Waals surface area (Å²) in [6, 6.07) is 10.6. The molecule has 0 spiro atoms. The molecule has 4 heteroatoms. The van der Waals surface area contributed by atoms with Gasteiger partial charge in [-0.25, -0.2) is 0 Å². The molecule has 1 amide bonds. The van der Waals surface area contributed by atoms with Crippen LogP contribution in [0.1, 0.15) is 61.5 Å². The van der Waals surface area contributed by atoms with Crippen molar-refractivity contribution in [2.24, 2.45) is 5.41 Å². The Bertz CT molecular complexity index is 801. The summed E-state index contributed by atoms with van der Waals surface area (Å²) in [5.41, 5.74) is 4.15. The molecule has 1 aromatic heterocycles. The van der Waals surface area contributed by atoms with E-state index in [1.165, 1.54) is 18.4 Å². The van der Waals surface area contributed by atoms with E-state index in [2.05, 4.69) is 61.3 Å². The first-order valence-corrected chi connectivity index (χ1v) is 9.20. The Hall–Kier alpha value is -2.10. The molecule has 1 atom stereocenters. The molecule has 0 unspecified atom stereocenters. The van der Waals surface area contributed by atoms with E-state index in [0.29, 0.717) is 12.5 Å². The highest BCUT2D eigenvalue weighted by atomic mass is 16.2. The summed E-state index contributed by atoms with van der Waals surface area (Å²) in [6.07, 6.45) is 3.39. The van der Waals surface area contributed by atoms with Crippen LogP contribution in [0.2, 0.25) is 0 Å². The fourth-order valence-corrected chi connectivity index (χ4v) is 4.14. The van der Waals surface area contributed by atoms with Crippen LogP contribution >= 0.6 is 0 Å². The van der Waals surface area contributed by atoms with Crippen LogP contribution < -0.4 is 0 Å². The zero-order valence-corrected chi connectivity index (χ0v) is 15.6. The van der Waals surface area contributed by atoms with E-state index in [1.807, 2.05) is 11.9 Å². The van der Waals surface area contributed by atoms with Crippen molar-refractivity contribution in [3.63, 3.8) is 0 Å². The number of aromatic nitrogens is 2. The first-order chi connectivity index (χ1) is 11.8. The van der Waals surface area contributed by atoms with Crippen molar-refractivity contribution in [3.05, 3.63) is 52.8 Å². The summed E-state index contributed by atoms with van der Waals surface area (Å²) < 4.78 is 0. The smallest absolute Gasteiger partial charge is 0.233 e. The number of nitrogens with zero attached hydrogens (tertiary/aromatic N) is 2. The Balaban J connectivity index is 1.55. The molecule has 4 rings (SSSR count). The third kappa shape index (κ3) is 2.68. The standard InChI is InChI=1S/C21H27N3O/c1-14-5-9-16(10-6-14)21(13-20(21,2)3)19(25)24(4)12-17-11-18(23-22-17)15-7-8-15/h5-6,9-11,15H,7-8,12-13H2,1-4H3,(H,22,23)/t21-/m1/s1. The lowest BCUT2D eigenvalue weighted by Gasteiger charge is -2.26. The predicted molar refractivity (Wildman–Crippen MR) is 98.3 cm³/mol. The minimum atomic E-state index is -0.394. The fraction of sp³-hybridized carbons (Fsp3) is 0.524. The Morgan fingerprint density at radius 2 is 1.92 bits per heavy atom. The molecule has 0 saturated heterocycles. The molecule has 2 aliphatic carbocycles. The number of amides is 1. The second-order valence-electron chi connectivity index (χ2n) is 8.59. The number of carbonyl (C=O) groups excluding carboxylic acids is 1. The maximum absolute atomic E-state index is 13.4. The van der Waals surface area contributed by atoms with E-state index in [1.54, 1.807) is 0 Å². The number of H-pyrrole nitrogens is 1. The van der Waals surface area contributed by atoms with Gasteiger partial charge in [-0.2, -0.15) is 5.10 Å². The van der Waals surface area contributed by atoms with Gasteiger partial charge in [-0.05, 0) is 43.2 Å². The minimum Gasteiger partial charge on any atom is -0.339 e. The van der Waals surface area contributed by atoms with Crippen molar-refractivity contribution in [2.45, 2.75) is 57.9 Å². The zero-order chi connectivity index (χ0) is 17.8. The molecule has 4 nitrogen and oxygen atoms in total. The number of rotatable bonds is 5. The van der Waals surface area contributed by atoms with Gasteiger partial charge in [0, 0.05) is 13.0 Å². The number of likely N-dealkylation sites (N-methyl/N-ethyl adjacent to an activating group) is 1.